The minimum atomic E-state index is 0.249. The summed E-state index contributed by atoms with van der Waals surface area (Å²) >= 11 is 0. The summed E-state index contributed by atoms with van der Waals surface area (Å²) in [6.07, 6.45) is 5.40. The van der Waals surface area contributed by atoms with Crippen LogP contribution in [0.5, 0.6) is 0 Å². The summed E-state index contributed by atoms with van der Waals surface area (Å²) in [4.78, 5) is 8.98. The van der Waals surface area contributed by atoms with Crippen LogP contribution in [0.25, 0.3) is 22.6 Å². The van der Waals surface area contributed by atoms with E-state index in [9.17, 15) is 0 Å². The van der Waals surface area contributed by atoms with Gasteiger partial charge in [-0.2, -0.15) is 5.10 Å². The SMILES string of the molecule is Nc1nc(-c2cn(Cc3ccn[nH]3)nn2)c2c(n1)-c1ccccc1CC2. The smallest absolute Gasteiger partial charge is 0.221 e. The highest BCUT2D eigenvalue weighted by Crippen LogP contribution is 2.36. The van der Waals surface area contributed by atoms with Gasteiger partial charge in [0.05, 0.1) is 24.1 Å². The van der Waals surface area contributed by atoms with Crippen molar-refractivity contribution in [2.24, 2.45) is 0 Å². The van der Waals surface area contributed by atoms with Gasteiger partial charge in [0.15, 0.2) is 0 Å². The van der Waals surface area contributed by atoms with Gasteiger partial charge in [-0.15, -0.1) is 5.10 Å². The van der Waals surface area contributed by atoms with E-state index in [1.54, 1.807) is 10.9 Å². The number of hydrogen-bond acceptors (Lipinski definition) is 6. The highest BCUT2D eigenvalue weighted by molar-refractivity contribution is 5.76. The number of aryl methyl sites for hydroxylation is 1. The summed E-state index contributed by atoms with van der Waals surface area (Å²) < 4.78 is 1.75. The topological polar surface area (TPSA) is 111 Å². The van der Waals surface area contributed by atoms with Gasteiger partial charge >= 0.3 is 0 Å². The van der Waals surface area contributed by atoms with E-state index in [-0.39, 0.29) is 5.95 Å². The minimum Gasteiger partial charge on any atom is -0.368 e. The Hall–Kier alpha value is -3.55. The zero-order valence-electron chi connectivity index (χ0n) is 13.9. The van der Waals surface area contributed by atoms with Gasteiger partial charge in [-0.25, -0.2) is 14.6 Å². The molecular weight excluding hydrogens is 328 g/mol. The molecule has 0 amide bonds. The zero-order valence-corrected chi connectivity index (χ0v) is 13.9. The number of anilines is 1. The Bertz CT molecular complexity index is 1080. The van der Waals surface area contributed by atoms with Crippen molar-refractivity contribution in [3.05, 3.63) is 59.5 Å². The number of hydrogen-bond donors (Lipinski definition) is 2. The normalized spacial score (nSPS) is 12.6. The Morgan fingerprint density at radius 2 is 1.96 bits per heavy atom. The van der Waals surface area contributed by atoms with Gasteiger partial charge in [0.25, 0.3) is 0 Å². The molecule has 0 atom stereocenters. The Kier molecular flexibility index (Phi) is 3.27. The molecule has 3 N–H and O–H groups in total. The van der Waals surface area contributed by atoms with Crippen LogP contribution in [0.4, 0.5) is 5.95 Å². The largest absolute Gasteiger partial charge is 0.368 e. The fourth-order valence-electron chi connectivity index (χ4n) is 3.43. The molecule has 0 spiro atoms. The number of rotatable bonds is 3. The Balaban J connectivity index is 1.59. The summed E-state index contributed by atoms with van der Waals surface area (Å²) in [5.74, 6) is 0.249. The molecular formula is C18H16N8. The van der Waals surface area contributed by atoms with Crippen molar-refractivity contribution in [2.45, 2.75) is 19.4 Å². The van der Waals surface area contributed by atoms with E-state index in [0.717, 1.165) is 41.1 Å². The van der Waals surface area contributed by atoms with Gasteiger partial charge in [-0.3, -0.25) is 5.10 Å². The number of aromatic amines is 1. The molecule has 1 aliphatic carbocycles. The average Bonchev–Trinajstić information content (AvgIpc) is 3.33. The number of fused-ring (bicyclic) bond motifs is 3. The van der Waals surface area contributed by atoms with Crippen LogP contribution in [0.3, 0.4) is 0 Å². The van der Waals surface area contributed by atoms with Gasteiger partial charge in [-0.05, 0) is 24.5 Å². The highest BCUT2D eigenvalue weighted by Gasteiger charge is 2.23. The number of nitrogen functional groups attached to an aromatic ring is 1. The van der Waals surface area contributed by atoms with E-state index in [1.165, 1.54) is 5.56 Å². The molecule has 0 bridgehead atoms. The molecule has 8 heteroatoms. The second kappa shape index (κ2) is 5.76. The third-order valence-electron chi connectivity index (χ3n) is 4.61. The third kappa shape index (κ3) is 2.43. The van der Waals surface area contributed by atoms with Crippen LogP contribution in [0.2, 0.25) is 0 Å². The van der Waals surface area contributed by atoms with Crippen LogP contribution in [0.1, 0.15) is 16.8 Å². The Morgan fingerprint density at radius 3 is 2.85 bits per heavy atom. The van der Waals surface area contributed by atoms with Crippen LogP contribution in [-0.4, -0.2) is 35.2 Å². The lowest BCUT2D eigenvalue weighted by atomic mass is 9.88. The summed E-state index contributed by atoms with van der Waals surface area (Å²) in [7, 11) is 0. The van der Waals surface area contributed by atoms with Gasteiger partial charge in [0.2, 0.25) is 5.95 Å². The average molecular weight is 344 g/mol. The molecule has 128 valence electrons. The van der Waals surface area contributed by atoms with Crippen molar-refractivity contribution in [1.82, 2.24) is 35.2 Å². The van der Waals surface area contributed by atoms with E-state index in [2.05, 4.69) is 48.7 Å². The molecule has 26 heavy (non-hydrogen) atoms. The van der Waals surface area contributed by atoms with Crippen molar-refractivity contribution in [3.8, 4) is 22.6 Å². The first kappa shape index (κ1) is 14.8. The molecule has 0 saturated heterocycles. The molecule has 0 fully saturated rings. The van der Waals surface area contributed by atoms with E-state index in [1.807, 2.05) is 18.3 Å². The van der Waals surface area contributed by atoms with Crippen molar-refractivity contribution < 1.29 is 0 Å². The lowest BCUT2D eigenvalue weighted by Crippen LogP contribution is -2.11. The number of nitrogens with zero attached hydrogens (tertiary/aromatic N) is 6. The number of H-pyrrole nitrogens is 1. The lowest BCUT2D eigenvalue weighted by Gasteiger charge is -2.20. The molecule has 1 aliphatic rings. The highest BCUT2D eigenvalue weighted by atomic mass is 15.4. The van der Waals surface area contributed by atoms with E-state index in [4.69, 9.17) is 5.73 Å². The quantitative estimate of drug-likeness (QED) is 0.587. The fourth-order valence-corrected chi connectivity index (χ4v) is 3.43. The number of nitrogens with one attached hydrogen (secondary N) is 1. The second-order valence-electron chi connectivity index (χ2n) is 6.30. The van der Waals surface area contributed by atoms with Gasteiger partial charge in [0.1, 0.15) is 11.4 Å². The molecule has 3 heterocycles. The summed E-state index contributed by atoms with van der Waals surface area (Å²) in [5, 5.41) is 15.4. The second-order valence-corrected chi connectivity index (χ2v) is 6.30. The molecule has 0 radical (unpaired) electrons. The van der Waals surface area contributed by atoms with Crippen molar-refractivity contribution in [3.63, 3.8) is 0 Å². The maximum absolute atomic E-state index is 6.00. The van der Waals surface area contributed by atoms with Gasteiger partial charge in [-0.1, -0.05) is 29.5 Å². The molecule has 8 nitrogen and oxygen atoms in total. The first-order valence-electron chi connectivity index (χ1n) is 8.41. The molecule has 0 aliphatic heterocycles. The van der Waals surface area contributed by atoms with E-state index >= 15 is 0 Å². The fraction of sp³-hybridized carbons (Fsp3) is 0.167. The van der Waals surface area contributed by atoms with E-state index in [0.29, 0.717) is 12.2 Å². The Labute approximate surface area is 149 Å². The van der Waals surface area contributed by atoms with Crippen molar-refractivity contribution >= 4 is 5.95 Å². The molecule has 1 aromatic carbocycles. The van der Waals surface area contributed by atoms with Crippen molar-refractivity contribution in [1.29, 1.82) is 0 Å². The Morgan fingerprint density at radius 1 is 1.08 bits per heavy atom. The lowest BCUT2D eigenvalue weighted by molar-refractivity contribution is 0.637. The predicted molar refractivity (Wildman–Crippen MR) is 96.0 cm³/mol. The number of aromatic nitrogens is 7. The predicted octanol–water partition coefficient (Wildman–Crippen LogP) is 1.85. The van der Waals surface area contributed by atoms with Crippen LogP contribution >= 0.6 is 0 Å². The van der Waals surface area contributed by atoms with Crippen LogP contribution < -0.4 is 5.73 Å². The van der Waals surface area contributed by atoms with E-state index < -0.39 is 0 Å². The van der Waals surface area contributed by atoms with Gasteiger partial charge in [0, 0.05) is 17.3 Å². The van der Waals surface area contributed by atoms with Gasteiger partial charge < -0.3 is 5.73 Å². The summed E-state index contributed by atoms with van der Waals surface area (Å²) in [6.45, 7) is 0.568. The minimum absolute atomic E-state index is 0.249. The number of nitrogens with two attached hydrogens (primary N) is 1. The third-order valence-corrected chi connectivity index (χ3v) is 4.61. The first-order chi connectivity index (χ1) is 12.8. The maximum Gasteiger partial charge on any atom is 0.221 e. The first-order valence-corrected chi connectivity index (χ1v) is 8.41. The summed E-state index contributed by atoms with van der Waals surface area (Å²) in [5.41, 5.74) is 12.8. The van der Waals surface area contributed by atoms with Crippen LogP contribution in [0, 0.1) is 0 Å². The van der Waals surface area contributed by atoms with Crippen LogP contribution in [0.15, 0.2) is 42.7 Å². The summed E-state index contributed by atoms with van der Waals surface area (Å²) in [6, 6.07) is 10.2. The van der Waals surface area contributed by atoms with Crippen molar-refractivity contribution in [2.75, 3.05) is 5.73 Å². The molecule has 3 aromatic heterocycles. The zero-order chi connectivity index (χ0) is 17.5. The molecule has 0 saturated carbocycles. The standard InChI is InChI=1S/C18H16N8/c19-18-21-16-13-4-2-1-3-11(13)5-6-14(16)17(22-18)15-10-26(25-24-15)9-12-7-8-20-23-12/h1-4,7-8,10H,5-6,9H2,(H,20,23)(H2,19,21,22). The monoisotopic (exact) mass is 344 g/mol. The van der Waals surface area contributed by atoms with Crippen LogP contribution in [-0.2, 0) is 19.4 Å². The molecule has 0 unspecified atom stereocenters. The molecule has 5 rings (SSSR count). The molecule has 4 aromatic rings. The maximum atomic E-state index is 6.00. The number of benzene rings is 1.